The van der Waals surface area contributed by atoms with Crippen LogP contribution >= 0.6 is 23.4 Å². The van der Waals surface area contributed by atoms with E-state index >= 15 is 0 Å². The van der Waals surface area contributed by atoms with Gasteiger partial charge < -0.3 is 0 Å². The Morgan fingerprint density at radius 2 is 2.09 bits per heavy atom. The molecule has 0 saturated heterocycles. The van der Waals surface area contributed by atoms with Crippen LogP contribution in [-0.2, 0) is 0 Å². The molecule has 0 amide bonds. The molecule has 1 aromatic carbocycles. The molecule has 0 aliphatic carbocycles. The first-order valence-electron chi connectivity index (χ1n) is 6.61. The van der Waals surface area contributed by atoms with Crippen LogP contribution in [0.15, 0.2) is 46.7 Å². The van der Waals surface area contributed by atoms with Crippen molar-refractivity contribution in [2.24, 2.45) is 0 Å². The lowest BCUT2D eigenvalue weighted by Gasteiger charge is -2.11. The van der Waals surface area contributed by atoms with Crippen LogP contribution in [0.1, 0.15) is 0 Å². The van der Waals surface area contributed by atoms with E-state index in [9.17, 15) is 4.79 Å². The van der Waals surface area contributed by atoms with E-state index < -0.39 is 0 Å². The third kappa shape index (κ3) is 2.10. The molecule has 0 N–H and O–H groups in total. The first-order chi connectivity index (χ1) is 11.2. The zero-order chi connectivity index (χ0) is 16.0. The molecule has 4 rings (SSSR count). The van der Waals surface area contributed by atoms with Gasteiger partial charge in [0.1, 0.15) is 11.7 Å². The molecule has 0 saturated carbocycles. The van der Waals surface area contributed by atoms with Gasteiger partial charge in [0.2, 0.25) is 5.78 Å². The van der Waals surface area contributed by atoms with Crippen LogP contribution in [0.3, 0.4) is 0 Å². The lowest BCUT2D eigenvalue weighted by molar-refractivity contribution is 0.925. The van der Waals surface area contributed by atoms with E-state index in [1.54, 1.807) is 28.7 Å². The molecule has 23 heavy (non-hydrogen) atoms. The van der Waals surface area contributed by atoms with Gasteiger partial charge in [-0.15, -0.1) is 10.2 Å². The summed E-state index contributed by atoms with van der Waals surface area (Å²) in [6, 6.07) is 7.07. The van der Waals surface area contributed by atoms with Crippen LogP contribution in [0.4, 0.5) is 0 Å². The minimum absolute atomic E-state index is 0.291. The summed E-state index contributed by atoms with van der Waals surface area (Å²) in [5.74, 6) is 0.348. The zero-order valence-electron chi connectivity index (χ0n) is 11.8. The van der Waals surface area contributed by atoms with Gasteiger partial charge in [0, 0.05) is 6.20 Å². The Balaban J connectivity index is 2.21. The van der Waals surface area contributed by atoms with Gasteiger partial charge in [-0.2, -0.15) is 0 Å². The highest BCUT2D eigenvalue weighted by molar-refractivity contribution is 7.98. The van der Waals surface area contributed by atoms with Gasteiger partial charge in [0.25, 0.3) is 5.56 Å². The van der Waals surface area contributed by atoms with Crippen molar-refractivity contribution >= 4 is 40.2 Å². The number of halogens is 1. The predicted molar refractivity (Wildman–Crippen MR) is 88.5 cm³/mol. The lowest BCUT2D eigenvalue weighted by Crippen LogP contribution is -2.22. The maximum atomic E-state index is 12.9. The van der Waals surface area contributed by atoms with Crippen LogP contribution in [0.2, 0.25) is 5.02 Å². The maximum Gasteiger partial charge on any atom is 0.270 e. The summed E-state index contributed by atoms with van der Waals surface area (Å²) in [6.07, 6.45) is 4.90. The van der Waals surface area contributed by atoms with Gasteiger partial charge in [0.15, 0.2) is 10.8 Å². The van der Waals surface area contributed by atoms with Crippen LogP contribution in [0, 0.1) is 0 Å². The molecule has 3 aromatic heterocycles. The third-order valence-electron chi connectivity index (χ3n) is 3.41. The topological polar surface area (TPSA) is 78.0 Å². The number of benzene rings is 1. The molecule has 3 heterocycles. The largest absolute Gasteiger partial charge is 0.270 e. The Morgan fingerprint density at radius 1 is 1.26 bits per heavy atom. The Kier molecular flexibility index (Phi) is 3.28. The fourth-order valence-electron chi connectivity index (χ4n) is 2.38. The summed E-state index contributed by atoms with van der Waals surface area (Å²) in [4.78, 5) is 21.5. The molecule has 4 aromatic rings. The fourth-order valence-corrected chi connectivity index (χ4v) is 2.94. The summed E-state index contributed by atoms with van der Waals surface area (Å²) < 4.78 is 3.07. The van der Waals surface area contributed by atoms with E-state index in [1.165, 1.54) is 28.9 Å². The van der Waals surface area contributed by atoms with Gasteiger partial charge in [0.05, 0.1) is 10.7 Å². The van der Waals surface area contributed by atoms with Crippen molar-refractivity contribution in [3.05, 3.63) is 52.2 Å². The van der Waals surface area contributed by atoms with Crippen molar-refractivity contribution in [3.8, 4) is 5.69 Å². The number of aromatic nitrogens is 6. The van der Waals surface area contributed by atoms with E-state index in [0.29, 0.717) is 32.7 Å². The zero-order valence-corrected chi connectivity index (χ0v) is 13.4. The van der Waals surface area contributed by atoms with Crippen molar-refractivity contribution < 1.29 is 0 Å². The molecular formula is C14H9ClN6OS. The van der Waals surface area contributed by atoms with Crippen molar-refractivity contribution in [3.63, 3.8) is 0 Å². The molecule has 0 atom stereocenters. The first-order valence-corrected chi connectivity index (χ1v) is 8.21. The molecule has 0 fully saturated rings. The Morgan fingerprint density at radius 3 is 2.87 bits per heavy atom. The second-order valence-corrected chi connectivity index (χ2v) is 5.87. The smallest absolute Gasteiger partial charge is 0.268 e. The van der Waals surface area contributed by atoms with Crippen molar-refractivity contribution in [1.82, 2.24) is 29.1 Å². The second kappa shape index (κ2) is 5.32. The van der Waals surface area contributed by atoms with Crippen molar-refractivity contribution in [1.29, 1.82) is 0 Å². The molecule has 0 aliphatic rings. The van der Waals surface area contributed by atoms with Crippen LogP contribution in [0.5, 0.6) is 0 Å². The number of fused-ring (bicyclic) bond motifs is 3. The lowest BCUT2D eigenvalue weighted by atomic mass is 10.3. The number of hydrogen-bond donors (Lipinski definition) is 0. The van der Waals surface area contributed by atoms with E-state index in [-0.39, 0.29) is 5.56 Å². The van der Waals surface area contributed by atoms with Gasteiger partial charge in [-0.05, 0) is 18.4 Å². The highest BCUT2D eigenvalue weighted by Gasteiger charge is 2.17. The highest BCUT2D eigenvalue weighted by atomic mass is 35.5. The second-order valence-electron chi connectivity index (χ2n) is 4.69. The Labute approximate surface area is 139 Å². The number of para-hydroxylation sites is 1. The summed E-state index contributed by atoms with van der Waals surface area (Å²) in [6.45, 7) is 0. The van der Waals surface area contributed by atoms with Crippen molar-refractivity contribution in [2.45, 2.75) is 5.16 Å². The minimum atomic E-state index is -0.291. The van der Waals surface area contributed by atoms with E-state index in [2.05, 4.69) is 20.2 Å². The molecule has 0 unspecified atom stereocenters. The normalized spacial score (nSPS) is 11.4. The summed E-state index contributed by atoms with van der Waals surface area (Å²) in [5, 5.41) is 9.35. The predicted octanol–water partition coefficient (Wildman–Crippen LogP) is 2.20. The fraction of sp³-hybridized carbons (Fsp3) is 0.0714. The number of hydrogen-bond acceptors (Lipinski definition) is 6. The Hall–Kier alpha value is -2.45. The summed E-state index contributed by atoms with van der Waals surface area (Å²) in [5.41, 5.74) is 0.715. The molecule has 0 bridgehead atoms. The molecule has 0 spiro atoms. The quantitative estimate of drug-likeness (QED) is 0.410. The summed E-state index contributed by atoms with van der Waals surface area (Å²) in [7, 11) is 0. The van der Waals surface area contributed by atoms with Crippen LogP contribution in [-0.4, -0.2) is 35.4 Å². The average molecular weight is 345 g/mol. The monoisotopic (exact) mass is 344 g/mol. The Bertz CT molecular complexity index is 1110. The van der Waals surface area contributed by atoms with E-state index in [4.69, 9.17) is 11.6 Å². The molecule has 0 radical (unpaired) electrons. The van der Waals surface area contributed by atoms with E-state index in [1.807, 2.05) is 6.26 Å². The number of rotatable bonds is 2. The SMILES string of the molecule is CSc1ncc2c(=O)n(-c3ccccc3Cl)c3nncn3c2n1. The maximum absolute atomic E-state index is 12.9. The summed E-state index contributed by atoms with van der Waals surface area (Å²) >= 11 is 7.64. The van der Waals surface area contributed by atoms with Crippen LogP contribution in [0.25, 0.3) is 22.5 Å². The van der Waals surface area contributed by atoms with Gasteiger partial charge in [-0.3, -0.25) is 4.79 Å². The molecule has 7 nitrogen and oxygen atoms in total. The van der Waals surface area contributed by atoms with E-state index in [0.717, 1.165) is 0 Å². The molecule has 0 aliphatic heterocycles. The molecule has 114 valence electrons. The van der Waals surface area contributed by atoms with Gasteiger partial charge in [-0.1, -0.05) is 35.5 Å². The van der Waals surface area contributed by atoms with Crippen molar-refractivity contribution in [2.75, 3.05) is 6.26 Å². The third-order valence-corrected chi connectivity index (χ3v) is 4.30. The highest BCUT2D eigenvalue weighted by Crippen LogP contribution is 2.22. The molecule has 9 heteroatoms. The minimum Gasteiger partial charge on any atom is -0.268 e. The van der Waals surface area contributed by atoms with Gasteiger partial charge >= 0.3 is 0 Å². The standard InChI is InChI=1S/C14H9ClN6OS/c1-23-13-16-6-8-11(18-13)20-7-17-19-14(20)21(12(8)22)10-5-3-2-4-9(10)15/h2-7H,1H3. The number of nitrogens with zero attached hydrogens (tertiary/aromatic N) is 6. The average Bonchev–Trinajstić information content (AvgIpc) is 3.05. The van der Waals surface area contributed by atoms with Gasteiger partial charge in [-0.25, -0.2) is 18.9 Å². The van der Waals surface area contributed by atoms with Crippen LogP contribution < -0.4 is 5.56 Å². The first kappa shape index (κ1) is 14.2. The molecular weight excluding hydrogens is 336 g/mol. The number of thioether (sulfide) groups is 1.